The van der Waals surface area contributed by atoms with E-state index in [-0.39, 0.29) is 50.8 Å². The van der Waals surface area contributed by atoms with E-state index in [0.29, 0.717) is 97.2 Å². The van der Waals surface area contributed by atoms with Crippen molar-refractivity contribution in [2.45, 2.75) is 386 Å². The molecule has 30 nitrogen and oxygen atoms in total. The third-order valence-electron chi connectivity index (χ3n) is 14.2. The Morgan fingerprint density at radius 2 is 0.380 bits per heavy atom. The predicted molar refractivity (Wildman–Crippen MR) is 627 cm³/mol. The van der Waals surface area contributed by atoms with Crippen LogP contribution in [0.5, 0.6) is 0 Å². The number of aliphatic hydroxyl groups is 5. The molecule has 10 unspecified atom stereocenters. The monoisotopic (exact) mass is 2310 g/mol. The lowest BCUT2D eigenvalue weighted by Crippen LogP contribution is -2.64. The SMILES string of the molecule is C=C.C=C.C=C.C=C.CC(COC[Si](C)(O[Si](C)(C)C)O[Si](C)(C)O[Si](C)(C)C)OCCO.CC(COC[Si](C)(O[Si](C)(C)C)O[Si](C)(C)O[Si](C)(C)C)OCCO.CC(O)COC[Si](C)(O[Si](C)(C)C)O[Si](C)(C)O[Si](C)(C)C.CCCCCO.COCCOC(C)COC[Si](C)(O[Si](C)(C)O[Si](C)(C)C)O[Si](C)(COCC(C)OCCO)O[Si](C)(C)C.C[Si](C)(C)O[Si](C)(C)O[Si](C)(C)C. The summed E-state index contributed by atoms with van der Waals surface area (Å²) in [6.45, 7) is 137. The molecule has 10 atom stereocenters. The standard InChI is InChI=1S/C23H58O10Si5.2C15H40O6Si4.C13H36O5Si4.C8H24O2Si3.C5H12O.4C2H4/c1-22(28-15-14-24)18-26-20-37(12,31-35(7,8)9)33-38(13,32-36(10,11)30-34(4,5)6)21-27-19-23(2)29-17-16-25-3;2*1-15(18-12-11-16)13-17-14-25(10,20-23(5,6)7)21-24(8,9)19-22(2,3)4;1-13(14)11-15-12-22(10,17-20(5,6)7)18-21(8,9)16-19(2,3)4;1-11(2,3)9-13(7,8)10-12(4,5)6;1-2-3-4-5-6;4*1-2/h22-24H,14-21H2,1-13H3;2*15-16H,11-14H2,1-10H3;13-14H,11-12H2,1-10H3;1-8H3;6H,2-5H2,1H3;4*1-2H2. The zero-order valence-electron chi connectivity index (χ0n) is 98.5. The number of hydrogen-bond donors (Lipinski definition) is 5. The van der Waals surface area contributed by atoms with Crippen molar-refractivity contribution in [3.05, 3.63) is 52.6 Å². The number of methoxy groups -OCH3 is 1. The van der Waals surface area contributed by atoms with Crippen LogP contribution in [0, 0.1) is 0 Å². The molecule has 137 heavy (non-hydrogen) atoms. The van der Waals surface area contributed by atoms with E-state index in [0.717, 1.165) is 12.8 Å². The van der Waals surface area contributed by atoms with Gasteiger partial charge in [0.1, 0.15) is 0 Å². The minimum Gasteiger partial charge on any atom is -0.437 e. The molecule has 0 aromatic heterocycles. The van der Waals surface area contributed by atoms with Crippen LogP contribution >= 0.6 is 0 Å². The maximum atomic E-state index is 9.37. The van der Waals surface area contributed by atoms with Crippen LogP contribution in [-0.4, -0.2) is 356 Å². The summed E-state index contributed by atoms with van der Waals surface area (Å²) in [7, 11) is -40.0. The molecule has 0 aliphatic rings. The molecular formula is C87H226O30Si20. The molecule has 0 saturated heterocycles. The first kappa shape index (κ1) is 159. The maximum Gasteiger partial charge on any atom is 0.344 e. The molecule has 0 bridgehead atoms. The van der Waals surface area contributed by atoms with Gasteiger partial charge in [0.05, 0.1) is 148 Å². The van der Waals surface area contributed by atoms with Crippen LogP contribution in [-0.2, 0) is 109 Å². The van der Waals surface area contributed by atoms with Gasteiger partial charge in [-0.1, -0.05) is 19.8 Å². The van der Waals surface area contributed by atoms with Gasteiger partial charge >= 0.3 is 85.6 Å². The normalized spacial score (nSPS) is 16.2. The lowest BCUT2D eigenvalue weighted by Gasteiger charge is -2.43. The van der Waals surface area contributed by atoms with Gasteiger partial charge in [0, 0.05) is 13.7 Å². The van der Waals surface area contributed by atoms with E-state index >= 15 is 0 Å². The summed E-state index contributed by atoms with van der Waals surface area (Å²) in [5.74, 6) is 0. The lowest BCUT2D eigenvalue weighted by atomic mass is 10.3. The van der Waals surface area contributed by atoms with Crippen molar-refractivity contribution < 1.29 is 135 Å². The maximum absolute atomic E-state index is 9.37. The third-order valence-corrected chi connectivity index (χ3v) is 79.3. The molecule has 0 aromatic carbocycles. The molecule has 834 valence electrons. The molecule has 0 saturated carbocycles. The smallest absolute Gasteiger partial charge is 0.344 e. The first-order valence-electron chi connectivity index (χ1n) is 48.7. The van der Waals surface area contributed by atoms with Crippen LogP contribution in [0.3, 0.4) is 0 Å². The van der Waals surface area contributed by atoms with Gasteiger partial charge in [-0.15, -0.1) is 52.6 Å². The summed E-state index contributed by atoms with van der Waals surface area (Å²) in [6, 6.07) is 0. The van der Waals surface area contributed by atoms with Crippen molar-refractivity contribution in [1.29, 1.82) is 0 Å². The first-order chi connectivity index (χ1) is 61.3. The number of rotatable bonds is 66. The van der Waals surface area contributed by atoms with Crippen LogP contribution in [0.2, 0.25) is 295 Å². The molecule has 0 radical (unpaired) electrons. The van der Waals surface area contributed by atoms with Gasteiger partial charge in [-0.2, -0.15) is 0 Å². The topological polar surface area (TPSA) is 332 Å². The highest BCUT2D eigenvalue weighted by Gasteiger charge is 2.52. The summed E-state index contributed by atoms with van der Waals surface area (Å²) in [4.78, 5) is 0. The molecule has 0 spiro atoms. The Labute approximate surface area is 866 Å². The van der Waals surface area contributed by atoms with Crippen molar-refractivity contribution in [3.63, 3.8) is 0 Å². The van der Waals surface area contributed by atoms with Gasteiger partial charge in [-0.05, 0) is 336 Å². The summed E-state index contributed by atoms with van der Waals surface area (Å²) < 4.78 is 154. The van der Waals surface area contributed by atoms with E-state index < -0.39 is 175 Å². The summed E-state index contributed by atoms with van der Waals surface area (Å²) in [5.41, 5.74) is 0. The zero-order valence-corrected chi connectivity index (χ0v) is 119. The van der Waals surface area contributed by atoms with Crippen molar-refractivity contribution in [2.24, 2.45) is 0 Å². The Kier molecular flexibility index (Phi) is 89.0. The van der Waals surface area contributed by atoms with Gasteiger partial charge in [-0.3, -0.25) is 0 Å². The van der Waals surface area contributed by atoms with Crippen molar-refractivity contribution in [2.75, 3.05) is 131 Å². The van der Waals surface area contributed by atoms with E-state index in [2.05, 4.69) is 341 Å². The van der Waals surface area contributed by atoms with Crippen LogP contribution in [0.25, 0.3) is 0 Å². The van der Waals surface area contributed by atoms with Gasteiger partial charge in [0.25, 0.3) is 0 Å². The number of ether oxygens (including phenoxy) is 10. The van der Waals surface area contributed by atoms with Crippen LogP contribution in [0.15, 0.2) is 52.6 Å². The summed E-state index contributed by atoms with van der Waals surface area (Å²) in [5, 5.41) is 44.2. The summed E-state index contributed by atoms with van der Waals surface area (Å²) in [6.07, 6.45) is 4.47. The fourth-order valence-electron chi connectivity index (χ4n) is 13.8. The predicted octanol–water partition coefficient (Wildman–Crippen LogP) is 22.2. The Hall–Kier alpha value is 2.10. The zero-order chi connectivity index (χ0) is 111. The highest BCUT2D eigenvalue weighted by atomic mass is 28.5. The molecule has 0 aliphatic carbocycles. The van der Waals surface area contributed by atoms with Gasteiger partial charge in [0.2, 0.25) is 0 Å². The molecule has 0 rings (SSSR count). The minimum absolute atomic E-state index is 0.0187. The van der Waals surface area contributed by atoms with E-state index in [4.69, 9.17) is 130 Å². The van der Waals surface area contributed by atoms with E-state index in [9.17, 15) is 5.11 Å². The number of unbranched alkanes of at least 4 members (excludes halogenated alkanes) is 2. The second-order valence-electron chi connectivity index (χ2n) is 46.1. The lowest BCUT2D eigenvalue weighted by molar-refractivity contribution is -0.0200. The molecule has 0 heterocycles. The van der Waals surface area contributed by atoms with Crippen LogP contribution in [0.4, 0.5) is 0 Å². The fraction of sp³-hybridized carbons (Fsp3) is 0.908. The quantitative estimate of drug-likeness (QED) is 0.0214. The van der Waals surface area contributed by atoms with Gasteiger partial charge < -0.3 is 135 Å². The van der Waals surface area contributed by atoms with Gasteiger partial charge in [-0.25, -0.2) is 0 Å². The second kappa shape index (κ2) is 76.6. The van der Waals surface area contributed by atoms with E-state index in [1.54, 1.807) is 14.0 Å². The highest BCUT2D eigenvalue weighted by Crippen LogP contribution is 2.32. The van der Waals surface area contributed by atoms with Crippen LogP contribution < -0.4 is 0 Å². The summed E-state index contributed by atoms with van der Waals surface area (Å²) >= 11 is 0. The molecular weight excluding hydrogens is 2090 g/mol. The van der Waals surface area contributed by atoms with Gasteiger partial charge in [0.15, 0.2) is 83.2 Å². The van der Waals surface area contributed by atoms with Crippen molar-refractivity contribution >= 4 is 169 Å². The third kappa shape index (κ3) is 118. The average molecular weight is 2310 g/mol. The molecule has 0 aliphatic heterocycles. The molecule has 0 amide bonds. The number of hydrogen-bond acceptors (Lipinski definition) is 30. The highest BCUT2D eigenvalue weighted by molar-refractivity contribution is 6.94. The Bertz CT molecular complexity index is 2760. The Morgan fingerprint density at radius 1 is 0.212 bits per heavy atom. The molecule has 5 N–H and O–H groups in total. The first-order valence-corrected chi connectivity index (χ1v) is 110. The van der Waals surface area contributed by atoms with Crippen molar-refractivity contribution in [3.8, 4) is 0 Å². The fourth-order valence-corrected chi connectivity index (χ4v) is 100. The van der Waals surface area contributed by atoms with E-state index in [1.807, 2.05) is 40.8 Å². The van der Waals surface area contributed by atoms with Crippen LogP contribution in [0.1, 0.15) is 60.8 Å². The minimum atomic E-state index is -2.95. The number of aliphatic hydroxyl groups excluding tert-OH is 5. The Morgan fingerprint density at radius 3 is 0.533 bits per heavy atom. The van der Waals surface area contributed by atoms with Crippen molar-refractivity contribution in [1.82, 2.24) is 0 Å². The molecule has 0 fully saturated rings. The largest absolute Gasteiger partial charge is 0.437 e. The average Bonchev–Trinajstić information content (AvgIpc) is 0.773. The Balaban J connectivity index is -0.000000182. The van der Waals surface area contributed by atoms with E-state index in [1.165, 1.54) is 6.42 Å². The molecule has 50 heteroatoms. The second-order valence-corrected chi connectivity index (χ2v) is 127. The molecule has 0 aromatic rings.